The van der Waals surface area contributed by atoms with Gasteiger partial charge in [0.25, 0.3) is 0 Å². The zero-order valence-corrected chi connectivity index (χ0v) is 15.6. The van der Waals surface area contributed by atoms with Crippen molar-refractivity contribution in [2.75, 3.05) is 19.5 Å². The minimum atomic E-state index is -0.178. The van der Waals surface area contributed by atoms with E-state index in [1.807, 2.05) is 37.3 Å². The van der Waals surface area contributed by atoms with Crippen LogP contribution in [0, 0.1) is 6.92 Å². The lowest BCUT2D eigenvalue weighted by Crippen LogP contribution is -2.16. The molecule has 0 fully saturated rings. The van der Waals surface area contributed by atoms with Gasteiger partial charge in [-0.2, -0.15) is 4.98 Å². The van der Waals surface area contributed by atoms with Gasteiger partial charge < -0.3 is 14.8 Å². The van der Waals surface area contributed by atoms with Crippen molar-refractivity contribution >= 4 is 22.9 Å². The van der Waals surface area contributed by atoms with Crippen molar-refractivity contribution in [3.63, 3.8) is 0 Å². The molecule has 0 atom stereocenters. The van der Waals surface area contributed by atoms with Crippen LogP contribution in [-0.2, 0) is 11.2 Å². The van der Waals surface area contributed by atoms with Crippen molar-refractivity contribution in [3.05, 3.63) is 53.0 Å². The van der Waals surface area contributed by atoms with Gasteiger partial charge >= 0.3 is 0 Å². The predicted octanol–water partition coefficient (Wildman–Crippen LogP) is 3.71. The third-order valence-corrected chi connectivity index (χ3v) is 4.81. The highest BCUT2D eigenvalue weighted by molar-refractivity contribution is 7.15. The number of thiazole rings is 1. The normalized spacial score (nSPS) is 10.4. The number of anilines is 1. The van der Waals surface area contributed by atoms with Crippen LogP contribution in [0.4, 0.5) is 5.69 Å². The number of ether oxygens (including phenoxy) is 2. The van der Waals surface area contributed by atoms with E-state index < -0.39 is 0 Å². The Labute approximate surface area is 155 Å². The summed E-state index contributed by atoms with van der Waals surface area (Å²) in [6.07, 6.45) is 0.185. The third kappa shape index (κ3) is 4.00. The van der Waals surface area contributed by atoms with Gasteiger partial charge in [0.15, 0.2) is 0 Å². The van der Waals surface area contributed by atoms with Crippen molar-refractivity contribution in [2.45, 2.75) is 13.3 Å². The number of pyridine rings is 1. The summed E-state index contributed by atoms with van der Waals surface area (Å²) in [6, 6.07) is 13.3. The fraction of sp³-hybridized carbons (Fsp3) is 0.211. The van der Waals surface area contributed by atoms with E-state index in [9.17, 15) is 4.79 Å². The van der Waals surface area contributed by atoms with Crippen LogP contribution in [0.25, 0.3) is 10.6 Å². The molecule has 6 nitrogen and oxygen atoms in total. The van der Waals surface area contributed by atoms with E-state index in [1.165, 1.54) is 14.2 Å². The summed E-state index contributed by atoms with van der Waals surface area (Å²) in [5.41, 5.74) is 2.31. The summed E-state index contributed by atoms with van der Waals surface area (Å²) in [4.78, 5) is 22.2. The summed E-state index contributed by atoms with van der Waals surface area (Å²) in [6.45, 7) is 1.97. The van der Waals surface area contributed by atoms with Crippen LogP contribution < -0.4 is 14.8 Å². The molecule has 0 aliphatic rings. The first-order valence-corrected chi connectivity index (χ1v) is 8.83. The Hall–Kier alpha value is -2.93. The minimum absolute atomic E-state index is 0.178. The Balaban J connectivity index is 1.74. The molecule has 1 aromatic carbocycles. The molecule has 3 aromatic rings. The van der Waals surface area contributed by atoms with Crippen LogP contribution in [0.5, 0.6) is 11.8 Å². The Morgan fingerprint density at radius 1 is 1.08 bits per heavy atom. The molecule has 134 valence electrons. The second-order valence-corrected chi connectivity index (χ2v) is 6.73. The molecular formula is C19H19N3O3S. The summed E-state index contributed by atoms with van der Waals surface area (Å²) in [5, 5.41) is 3.73. The van der Waals surface area contributed by atoms with Crippen molar-refractivity contribution in [2.24, 2.45) is 0 Å². The topological polar surface area (TPSA) is 73.3 Å². The van der Waals surface area contributed by atoms with Crippen LogP contribution in [0.2, 0.25) is 0 Å². The molecule has 7 heteroatoms. The maximum atomic E-state index is 12.4. The van der Waals surface area contributed by atoms with E-state index in [2.05, 4.69) is 15.3 Å². The van der Waals surface area contributed by atoms with Gasteiger partial charge in [0.05, 0.1) is 26.3 Å². The molecule has 0 aliphatic carbocycles. The molecule has 2 aromatic heterocycles. The Kier molecular flexibility index (Phi) is 5.48. The number of aromatic nitrogens is 2. The number of nitrogens with zero attached hydrogens (tertiary/aromatic N) is 2. The first-order chi connectivity index (χ1) is 12.6. The van der Waals surface area contributed by atoms with Crippen LogP contribution in [-0.4, -0.2) is 30.1 Å². The van der Waals surface area contributed by atoms with E-state index in [0.717, 1.165) is 21.1 Å². The van der Waals surface area contributed by atoms with Gasteiger partial charge in [-0.3, -0.25) is 4.79 Å². The Morgan fingerprint density at radius 2 is 1.85 bits per heavy atom. The number of carbonyl (C=O) groups excluding carboxylic acids is 1. The highest BCUT2D eigenvalue weighted by Gasteiger charge is 2.15. The van der Waals surface area contributed by atoms with E-state index >= 15 is 0 Å². The van der Waals surface area contributed by atoms with Gasteiger partial charge in [0.2, 0.25) is 17.7 Å². The van der Waals surface area contributed by atoms with E-state index in [1.54, 1.807) is 23.5 Å². The standard InChI is InChI=1S/C19H19N3O3S/c1-12-15(21-19(26-12)13-7-5-4-6-8-13)11-16(23)20-14-9-10-17(24-2)22-18(14)25-3/h4-10H,11H2,1-3H3,(H,20,23). The first kappa shape index (κ1) is 17.9. The molecule has 3 rings (SSSR count). The van der Waals surface area contributed by atoms with E-state index in [4.69, 9.17) is 9.47 Å². The number of hydrogen-bond donors (Lipinski definition) is 1. The molecule has 2 heterocycles. The lowest BCUT2D eigenvalue weighted by Gasteiger charge is -2.10. The van der Waals surface area contributed by atoms with Crippen molar-refractivity contribution in [3.8, 4) is 22.3 Å². The molecular weight excluding hydrogens is 350 g/mol. The highest BCUT2D eigenvalue weighted by atomic mass is 32.1. The van der Waals surface area contributed by atoms with E-state index in [0.29, 0.717) is 17.4 Å². The zero-order chi connectivity index (χ0) is 18.5. The fourth-order valence-electron chi connectivity index (χ4n) is 2.43. The molecule has 0 radical (unpaired) electrons. The molecule has 0 bridgehead atoms. The lowest BCUT2D eigenvalue weighted by atomic mass is 10.2. The maximum absolute atomic E-state index is 12.4. The molecule has 0 spiro atoms. The van der Waals surface area contributed by atoms with Gasteiger partial charge in [-0.05, 0) is 13.0 Å². The van der Waals surface area contributed by atoms with Crippen molar-refractivity contribution in [1.82, 2.24) is 9.97 Å². The SMILES string of the molecule is COc1ccc(NC(=O)Cc2nc(-c3ccccc3)sc2C)c(OC)n1. The quantitative estimate of drug-likeness (QED) is 0.717. The van der Waals surface area contributed by atoms with Crippen LogP contribution in [0.15, 0.2) is 42.5 Å². The number of nitrogens with one attached hydrogen (secondary N) is 1. The molecule has 1 amide bonds. The highest BCUT2D eigenvalue weighted by Crippen LogP contribution is 2.28. The van der Waals surface area contributed by atoms with Gasteiger partial charge in [-0.25, -0.2) is 4.98 Å². The number of methoxy groups -OCH3 is 2. The summed E-state index contributed by atoms with van der Waals surface area (Å²) >= 11 is 1.58. The van der Waals surface area contributed by atoms with Crippen LogP contribution >= 0.6 is 11.3 Å². The minimum Gasteiger partial charge on any atom is -0.481 e. The van der Waals surface area contributed by atoms with Crippen LogP contribution in [0.3, 0.4) is 0 Å². The zero-order valence-electron chi connectivity index (χ0n) is 14.8. The van der Waals surface area contributed by atoms with Crippen molar-refractivity contribution < 1.29 is 14.3 Å². The van der Waals surface area contributed by atoms with Crippen LogP contribution in [0.1, 0.15) is 10.6 Å². The molecule has 26 heavy (non-hydrogen) atoms. The van der Waals surface area contributed by atoms with Crippen molar-refractivity contribution in [1.29, 1.82) is 0 Å². The molecule has 0 unspecified atom stereocenters. The predicted molar refractivity (Wildman–Crippen MR) is 102 cm³/mol. The number of benzene rings is 1. The summed E-state index contributed by atoms with van der Waals surface area (Å²) in [7, 11) is 3.02. The first-order valence-electron chi connectivity index (χ1n) is 8.01. The van der Waals surface area contributed by atoms with E-state index in [-0.39, 0.29) is 12.3 Å². The molecule has 0 saturated carbocycles. The number of aryl methyl sites for hydroxylation is 1. The smallest absolute Gasteiger partial charge is 0.240 e. The van der Waals surface area contributed by atoms with Gasteiger partial charge in [0, 0.05) is 16.5 Å². The van der Waals surface area contributed by atoms with Gasteiger partial charge in [-0.1, -0.05) is 30.3 Å². The number of rotatable bonds is 6. The number of hydrogen-bond acceptors (Lipinski definition) is 6. The second kappa shape index (κ2) is 7.97. The Morgan fingerprint density at radius 3 is 2.54 bits per heavy atom. The third-order valence-electron chi connectivity index (χ3n) is 3.75. The fourth-order valence-corrected chi connectivity index (χ4v) is 3.37. The summed E-state index contributed by atoms with van der Waals surface area (Å²) in [5.74, 6) is 0.545. The average Bonchev–Trinajstić information content (AvgIpc) is 3.03. The maximum Gasteiger partial charge on any atom is 0.240 e. The summed E-state index contributed by atoms with van der Waals surface area (Å²) < 4.78 is 10.3. The number of amides is 1. The molecule has 0 aliphatic heterocycles. The number of carbonyl (C=O) groups is 1. The largest absolute Gasteiger partial charge is 0.481 e. The van der Waals surface area contributed by atoms with Gasteiger partial charge in [-0.15, -0.1) is 11.3 Å². The lowest BCUT2D eigenvalue weighted by molar-refractivity contribution is -0.115. The van der Waals surface area contributed by atoms with Gasteiger partial charge in [0.1, 0.15) is 10.7 Å². The monoisotopic (exact) mass is 369 g/mol. The molecule has 1 N–H and O–H groups in total. The Bertz CT molecular complexity index is 910. The second-order valence-electron chi connectivity index (χ2n) is 5.52. The molecule has 0 saturated heterocycles. The average molecular weight is 369 g/mol.